The molecule has 3 rings (SSSR count). The first kappa shape index (κ1) is 22.6. The summed E-state index contributed by atoms with van der Waals surface area (Å²) in [6.45, 7) is 9.31. The molecule has 2 aliphatic rings. The maximum atomic E-state index is 13.4. The number of carbonyl (C=O) groups excluding carboxylic acids is 3. The molecule has 1 fully saturated rings. The summed E-state index contributed by atoms with van der Waals surface area (Å²) in [6, 6.07) is 5.63. The molecule has 0 saturated carbocycles. The largest absolute Gasteiger partial charge is 0.394 e. The van der Waals surface area contributed by atoms with Crippen LogP contribution in [0.2, 0.25) is 0 Å². The van der Waals surface area contributed by atoms with E-state index in [1.807, 2.05) is 45.9 Å². The first-order chi connectivity index (χ1) is 14.1. The Morgan fingerprint density at radius 1 is 1.23 bits per heavy atom. The molecule has 1 aromatic carbocycles. The molecule has 0 aromatic heterocycles. The van der Waals surface area contributed by atoms with Crippen molar-refractivity contribution in [1.29, 1.82) is 0 Å². The number of aliphatic hydroxyl groups is 1. The van der Waals surface area contributed by atoms with Crippen LogP contribution >= 0.6 is 11.8 Å². The van der Waals surface area contributed by atoms with E-state index < -0.39 is 22.9 Å². The summed E-state index contributed by atoms with van der Waals surface area (Å²) in [5.41, 5.74) is 1.57. The predicted octanol–water partition coefficient (Wildman–Crippen LogP) is 2.06. The minimum absolute atomic E-state index is 0.0979. The first-order valence-electron chi connectivity index (χ1n) is 10.4. The lowest BCUT2D eigenvalue weighted by Crippen LogP contribution is -2.59. The summed E-state index contributed by atoms with van der Waals surface area (Å²) in [6.07, 6.45) is 0.700. The molecule has 8 heteroatoms. The highest BCUT2D eigenvalue weighted by molar-refractivity contribution is 8.01. The average Bonchev–Trinajstić information content (AvgIpc) is 3.14. The van der Waals surface area contributed by atoms with Gasteiger partial charge >= 0.3 is 0 Å². The SMILES string of the molecule is CC[C@@H](C)[C@H](NC(=O)[C@@H]1N2C(=O)c3ccccc3[C@H]2SC1(C)C)C(=O)N[C@@H](C)CO. The van der Waals surface area contributed by atoms with Crippen LogP contribution in [0.15, 0.2) is 24.3 Å². The van der Waals surface area contributed by atoms with Gasteiger partial charge in [0.2, 0.25) is 11.8 Å². The fraction of sp³-hybridized carbons (Fsp3) is 0.591. The molecule has 1 saturated heterocycles. The summed E-state index contributed by atoms with van der Waals surface area (Å²) < 4.78 is -0.507. The summed E-state index contributed by atoms with van der Waals surface area (Å²) in [5.74, 6) is -0.893. The molecule has 3 amide bonds. The Kier molecular flexibility index (Phi) is 6.48. The van der Waals surface area contributed by atoms with Crippen molar-refractivity contribution >= 4 is 29.5 Å². The van der Waals surface area contributed by atoms with Gasteiger partial charge in [-0.05, 0) is 38.3 Å². The molecule has 1 aromatic rings. The van der Waals surface area contributed by atoms with Crippen LogP contribution in [0.1, 0.15) is 62.3 Å². The van der Waals surface area contributed by atoms with Gasteiger partial charge in [-0.3, -0.25) is 14.4 Å². The Balaban J connectivity index is 1.85. The van der Waals surface area contributed by atoms with Gasteiger partial charge in [-0.1, -0.05) is 38.5 Å². The molecule has 5 atom stereocenters. The number of aliphatic hydroxyl groups excluding tert-OH is 1. The highest BCUT2D eigenvalue weighted by atomic mass is 32.2. The molecule has 2 aliphatic heterocycles. The monoisotopic (exact) mass is 433 g/mol. The van der Waals surface area contributed by atoms with Crippen molar-refractivity contribution < 1.29 is 19.5 Å². The van der Waals surface area contributed by atoms with Gasteiger partial charge in [-0.25, -0.2) is 0 Å². The second kappa shape index (κ2) is 8.59. The van der Waals surface area contributed by atoms with E-state index in [1.165, 1.54) is 0 Å². The highest BCUT2D eigenvalue weighted by Crippen LogP contribution is 2.56. The third-order valence-corrected chi connectivity index (χ3v) is 7.54. The third-order valence-electron chi connectivity index (χ3n) is 6.00. The van der Waals surface area contributed by atoms with Crippen molar-refractivity contribution in [3.63, 3.8) is 0 Å². The van der Waals surface area contributed by atoms with Crippen molar-refractivity contribution in [3.8, 4) is 0 Å². The van der Waals surface area contributed by atoms with Gasteiger partial charge in [0, 0.05) is 16.4 Å². The number of benzene rings is 1. The van der Waals surface area contributed by atoms with Crippen LogP contribution in [0.25, 0.3) is 0 Å². The van der Waals surface area contributed by atoms with Gasteiger partial charge in [-0.15, -0.1) is 11.8 Å². The van der Waals surface area contributed by atoms with E-state index >= 15 is 0 Å². The minimum Gasteiger partial charge on any atom is -0.394 e. The van der Waals surface area contributed by atoms with Crippen LogP contribution < -0.4 is 10.6 Å². The van der Waals surface area contributed by atoms with Crippen LogP contribution in [-0.2, 0) is 9.59 Å². The molecule has 0 unspecified atom stereocenters. The number of carbonyl (C=O) groups is 3. The number of hydrogen-bond donors (Lipinski definition) is 3. The van der Waals surface area contributed by atoms with Crippen LogP contribution in [0.4, 0.5) is 0 Å². The smallest absolute Gasteiger partial charge is 0.256 e. The van der Waals surface area contributed by atoms with Crippen LogP contribution in [0, 0.1) is 5.92 Å². The second-order valence-corrected chi connectivity index (χ2v) is 10.5. The number of amides is 3. The Labute approximate surface area is 182 Å². The topological polar surface area (TPSA) is 98.7 Å². The molecule has 0 aliphatic carbocycles. The van der Waals surface area contributed by atoms with Gasteiger partial charge in [0.1, 0.15) is 17.5 Å². The van der Waals surface area contributed by atoms with E-state index in [9.17, 15) is 19.5 Å². The van der Waals surface area contributed by atoms with Crippen molar-refractivity contribution in [1.82, 2.24) is 15.5 Å². The number of rotatable bonds is 7. The molecule has 164 valence electrons. The summed E-state index contributed by atoms with van der Waals surface area (Å²) >= 11 is 1.60. The van der Waals surface area contributed by atoms with Crippen molar-refractivity contribution in [2.75, 3.05) is 6.61 Å². The van der Waals surface area contributed by atoms with Crippen molar-refractivity contribution in [2.45, 2.75) is 69.3 Å². The van der Waals surface area contributed by atoms with Gasteiger partial charge in [0.05, 0.1) is 6.61 Å². The molecule has 0 bridgehead atoms. The van der Waals surface area contributed by atoms with Gasteiger partial charge in [0.25, 0.3) is 5.91 Å². The molecular weight excluding hydrogens is 402 g/mol. The summed E-state index contributed by atoms with van der Waals surface area (Å²) in [4.78, 5) is 41.0. The predicted molar refractivity (Wildman–Crippen MR) is 117 cm³/mol. The summed E-state index contributed by atoms with van der Waals surface area (Å²) in [7, 11) is 0. The fourth-order valence-corrected chi connectivity index (χ4v) is 5.71. The van der Waals surface area contributed by atoms with Crippen LogP contribution in [0.3, 0.4) is 0 Å². The lowest BCUT2D eigenvalue weighted by atomic mass is 9.95. The fourth-order valence-electron chi connectivity index (χ4n) is 4.12. The average molecular weight is 434 g/mol. The van der Waals surface area contributed by atoms with Crippen molar-refractivity contribution in [3.05, 3.63) is 35.4 Å². The Bertz CT molecular complexity index is 843. The number of nitrogens with zero attached hydrogens (tertiary/aromatic N) is 1. The zero-order valence-electron chi connectivity index (χ0n) is 18.1. The van der Waals surface area contributed by atoms with E-state index in [4.69, 9.17) is 0 Å². The van der Waals surface area contributed by atoms with Gasteiger partial charge < -0.3 is 20.6 Å². The molecule has 0 radical (unpaired) electrons. The maximum absolute atomic E-state index is 13.4. The minimum atomic E-state index is -0.739. The molecular formula is C22H31N3O4S. The molecule has 7 nitrogen and oxygen atoms in total. The lowest BCUT2D eigenvalue weighted by Gasteiger charge is -2.32. The molecule has 30 heavy (non-hydrogen) atoms. The molecule has 0 spiro atoms. The highest BCUT2D eigenvalue weighted by Gasteiger charge is 2.57. The van der Waals surface area contributed by atoms with E-state index in [0.29, 0.717) is 12.0 Å². The van der Waals surface area contributed by atoms with E-state index in [2.05, 4.69) is 10.6 Å². The first-order valence-corrected chi connectivity index (χ1v) is 11.3. The van der Waals surface area contributed by atoms with E-state index in [-0.39, 0.29) is 35.6 Å². The molecule has 2 heterocycles. The van der Waals surface area contributed by atoms with Crippen molar-refractivity contribution in [2.24, 2.45) is 5.92 Å². The number of hydrogen-bond acceptors (Lipinski definition) is 5. The lowest BCUT2D eigenvalue weighted by molar-refractivity contribution is -0.133. The normalized spacial score (nSPS) is 24.6. The molecule has 3 N–H and O–H groups in total. The van der Waals surface area contributed by atoms with Crippen LogP contribution in [0.5, 0.6) is 0 Å². The Hall–Kier alpha value is -2.06. The van der Waals surface area contributed by atoms with Crippen LogP contribution in [-0.4, -0.2) is 57.2 Å². The van der Waals surface area contributed by atoms with Gasteiger partial charge in [-0.2, -0.15) is 0 Å². The summed E-state index contributed by atoms with van der Waals surface area (Å²) in [5, 5.41) is 14.7. The standard InChI is InChI=1S/C22H31N3O4S/c1-6-12(2)16(18(27)23-13(3)11-26)24-19(28)17-22(4,5)30-21-15-10-8-7-9-14(15)20(29)25(17)21/h7-10,12-13,16-17,21,26H,6,11H2,1-5H3,(H,23,27)(H,24,28)/t12-,13+,16+,17+,21-/m1/s1. The quantitative estimate of drug-likeness (QED) is 0.611. The zero-order chi connectivity index (χ0) is 22.2. The number of fused-ring (bicyclic) bond motifs is 3. The number of thioether (sulfide) groups is 1. The van der Waals surface area contributed by atoms with E-state index in [0.717, 1.165) is 5.56 Å². The number of nitrogens with one attached hydrogen (secondary N) is 2. The van der Waals surface area contributed by atoms with Gasteiger partial charge in [0.15, 0.2) is 0 Å². The Morgan fingerprint density at radius 3 is 2.53 bits per heavy atom. The maximum Gasteiger partial charge on any atom is 0.256 e. The second-order valence-electron chi connectivity index (χ2n) is 8.74. The Morgan fingerprint density at radius 2 is 1.90 bits per heavy atom. The van der Waals surface area contributed by atoms with E-state index in [1.54, 1.807) is 29.7 Å². The third kappa shape index (κ3) is 3.95. The zero-order valence-corrected chi connectivity index (χ0v) is 19.0.